The Morgan fingerprint density at radius 1 is 0.967 bits per heavy atom. The number of ether oxygens (including phenoxy) is 1. The van der Waals surface area contributed by atoms with Crippen LogP contribution in [0.4, 0.5) is 5.69 Å². The van der Waals surface area contributed by atoms with Gasteiger partial charge in [0.1, 0.15) is 12.4 Å². The number of carbonyl (C=O) groups is 2. The topological polar surface area (TPSA) is 84.4 Å². The van der Waals surface area contributed by atoms with E-state index >= 15 is 0 Å². The lowest BCUT2D eigenvalue weighted by atomic mass is 10.1. The third-order valence-electron chi connectivity index (χ3n) is 4.80. The molecule has 4 rings (SSSR count). The van der Waals surface area contributed by atoms with Crippen LogP contribution in [0, 0.1) is 0 Å². The van der Waals surface area contributed by atoms with Crippen LogP contribution in [0.2, 0.25) is 0 Å². The summed E-state index contributed by atoms with van der Waals surface area (Å²) >= 11 is 1.19. The van der Waals surface area contributed by atoms with Crippen LogP contribution in [0.15, 0.2) is 54.6 Å². The van der Waals surface area contributed by atoms with Gasteiger partial charge >= 0.3 is 0 Å². The molecule has 1 aromatic heterocycles. The summed E-state index contributed by atoms with van der Waals surface area (Å²) in [6.07, 6.45) is 3.29. The Bertz CT molecular complexity index is 999. The average molecular weight is 423 g/mol. The van der Waals surface area contributed by atoms with Crippen LogP contribution in [0.25, 0.3) is 0 Å². The third kappa shape index (κ3) is 5.01. The van der Waals surface area contributed by atoms with Gasteiger partial charge in [0, 0.05) is 24.3 Å². The molecule has 0 spiro atoms. The van der Waals surface area contributed by atoms with Crippen LogP contribution in [0.5, 0.6) is 5.75 Å². The van der Waals surface area contributed by atoms with E-state index in [9.17, 15) is 9.59 Å². The van der Waals surface area contributed by atoms with Gasteiger partial charge in [0.15, 0.2) is 5.01 Å². The maximum absolute atomic E-state index is 12.5. The molecule has 3 aromatic rings. The van der Waals surface area contributed by atoms with Crippen molar-refractivity contribution < 1.29 is 14.3 Å². The second-order valence-electron chi connectivity index (χ2n) is 6.99. The number of nitrogens with one attached hydrogen (secondary N) is 1. The van der Waals surface area contributed by atoms with Crippen molar-refractivity contribution in [3.8, 4) is 5.75 Å². The highest BCUT2D eigenvalue weighted by Gasteiger charge is 2.18. The quantitative estimate of drug-likeness (QED) is 0.649. The Labute approximate surface area is 178 Å². The van der Waals surface area contributed by atoms with Crippen LogP contribution in [-0.2, 0) is 6.61 Å². The molecule has 1 aliphatic heterocycles. The largest absolute Gasteiger partial charge is 0.486 e. The van der Waals surface area contributed by atoms with Crippen LogP contribution in [0.3, 0.4) is 0 Å². The van der Waals surface area contributed by atoms with Crippen LogP contribution in [-0.4, -0.2) is 40.0 Å². The number of rotatable bonds is 6. The van der Waals surface area contributed by atoms with Gasteiger partial charge in [-0.05, 0) is 55.7 Å². The van der Waals surface area contributed by atoms with E-state index in [1.54, 1.807) is 24.3 Å². The lowest BCUT2D eigenvalue weighted by Crippen LogP contribution is -2.35. The lowest BCUT2D eigenvalue weighted by Gasteiger charge is -2.26. The molecule has 0 radical (unpaired) electrons. The van der Waals surface area contributed by atoms with Crippen molar-refractivity contribution >= 4 is 28.8 Å². The molecule has 2 amide bonds. The van der Waals surface area contributed by atoms with Gasteiger partial charge < -0.3 is 15.0 Å². The summed E-state index contributed by atoms with van der Waals surface area (Å²) in [6.45, 7) is 1.87. The molecule has 1 saturated heterocycles. The molecule has 8 heteroatoms. The molecule has 0 bridgehead atoms. The summed E-state index contributed by atoms with van der Waals surface area (Å²) in [5.74, 6) is 0.436. The number of benzene rings is 2. The number of carbonyl (C=O) groups excluding carboxylic acids is 2. The van der Waals surface area contributed by atoms with Crippen molar-refractivity contribution in [2.24, 2.45) is 0 Å². The second kappa shape index (κ2) is 9.49. The molecule has 0 aliphatic carbocycles. The number of amides is 2. The van der Waals surface area contributed by atoms with Gasteiger partial charge in [0.05, 0.1) is 0 Å². The van der Waals surface area contributed by atoms with Crippen molar-refractivity contribution in [3.63, 3.8) is 0 Å². The molecule has 1 fully saturated rings. The van der Waals surface area contributed by atoms with Gasteiger partial charge in [-0.15, -0.1) is 10.2 Å². The Morgan fingerprint density at radius 2 is 1.70 bits per heavy atom. The molecule has 30 heavy (non-hydrogen) atoms. The van der Waals surface area contributed by atoms with Crippen molar-refractivity contribution in [2.45, 2.75) is 25.9 Å². The van der Waals surface area contributed by atoms with Crippen molar-refractivity contribution in [1.29, 1.82) is 0 Å². The highest BCUT2D eigenvalue weighted by molar-refractivity contribution is 7.13. The van der Waals surface area contributed by atoms with Crippen LogP contribution < -0.4 is 10.1 Å². The summed E-state index contributed by atoms with van der Waals surface area (Å²) in [6, 6.07) is 16.3. The number of para-hydroxylation sites is 1. The SMILES string of the molecule is O=C(Nc1ccc(C(=O)N2CCCCC2)cc1)c1nnc(COc2ccccc2)s1. The van der Waals surface area contributed by atoms with Crippen molar-refractivity contribution in [1.82, 2.24) is 15.1 Å². The molecule has 7 nitrogen and oxygen atoms in total. The molecule has 0 unspecified atom stereocenters. The summed E-state index contributed by atoms with van der Waals surface area (Å²) < 4.78 is 5.63. The minimum Gasteiger partial charge on any atom is -0.486 e. The van der Waals surface area contributed by atoms with E-state index in [-0.39, 0.29) is 23.4 Å². The van der Waals surface area contributed by atoms with Crippen LogP contribution >= 0.6 is 11.3 Å². The van der Waals surface area contributed by atoms with Crippen molar-refractivity contribution in [3.05, 3.63) is 70.2 Å². The van der Waals surface area contributed by atoms with Gasteiger partial charge in [-0.1, -0.05) is 29.5 Å². The lowest BCUT2D eigenvalue weighted by molar-refractivity contribution is 0.0724. The van der Waals surface area contributed by atoms with E-state index < -0.39 is 0 Å². The first-order valence-corrected chi connectivity index (χ1v) is 10.7. The molecule has 2 heterocycles. The first kappa shape index (κ1) is 20.0. The molecule has 0 atom stereocenters. The minimum atomic E-state index is -0.339. The fourth-order valence-electron chi connectivity index (χ4n) is 3.23. The molecule has 1 aliphatic rings. The smallest absolute Gasteiger partial charge is 0.286 e. The maximum Gasteiger partial charge on any atom is 0.286 e. The Hall–Kier alpha value is -3.26. The number of hydrogen-bond donors (Lipinski definition) is 1. The maximum atomic E-state index is 12.5. The number of anilines is 1. The highest BCUT2D eigenvalue weighted by Crippen LogP contribution is 2.18. The number of nitrogens with zero attached hydrogens (tertiary/aromatic N) is 3. The predicted octanol–water partition coefficient (Wildman–Crippen LogP) is 4.00. The number of piperidine rings is 1. The first-order chi connectivity index (χ1) is 14.7. The molecular formula is C22H22N4O3S. The number of aromatic nitrogens is 2. The zero-order valence-corrected chi connectivity index (χ0v) is 17.2. The van der Waals surface area contributed by atoms with E-state index in [1.807, 2.05) is 35.2 Å². The van der Waals surface area contributed by atoms with Gasteiger partial charge in [-0.2, -0.15) is 0 Å². The number of likely N-dealkylation sites (tertiary alicyclic amines) is 1. The third-order valence-corrected chi connectivity index (χ3v) is 5.70. The first-order valence-electron chi connectivity index (χ1n) is 9.90. The summed E-state index contributed by atoms with van der Waals surface area (Å²) in [5.41, 5.74) is 1.23. The predicted molar refractivity (Wildman–Crippen MR) is 115 cm³/mol. The van der Waals surface area contributed by atoms with Gasteiger partial charge in [-0.3, -0.25) is 9.59 Å². The Morgan fingerprint density at radius 3 is 2.43 bits per heavy atom. The van der Waals surface area contributed by atoms with E-state index in [2.05, 4.69) is 15.5 Å². The Kier molecular flexibility index (Phi) is 6.34. The molecule has 0 saturated carbocycles. The normalized spacial score (nSPS) is 13.7. The fourth-order valence-corrected chi connectivity index (χ4v) is 3.87. The van der Waals surface area contributed by atoms with Crippen molar-refractivity contribution in [2.75, 3.05) is 18.4 Å². The average Bonchev–Trinajstić information content (AvgIpc) is 3.28. The zero-order valence-electron chi connectivity index (χ0n) is 16.4. The van der Waals surface area contributed by atoms with Gasteiger partial charge in [0.2, 0.25) is 5.01 Å². The standard InChI is InChI=1S/C22H22N4O3S/c27-20(21-25-24-19(30-21)15-29-18-7-3-1-4-8-18)23-17-11-9-16(10-12-17)22(28)26-13-5-2-6-14-26/h1,3-4,7-12H,2,5-6,13-15H2,(H,23,27). The van der Waals surface area contributed by atoms with Gasteiger partial charge in [-0.25, -0.2) is 0 Å². The summed E-state index contributed by atoms with van der Waals surface area (Å²) in [7, 11) is 0. The minimum absolute atomic E-state index is 0.0414. The number of hydrogen-bond acceptors (Lipinski definition) is 6. The monoisotopic (exact) mass is 422 g/mol. The molecule has 1 N–H and O–H groups in total. The summed E-state index contributed by atoms with van der Waals surface area (Å²) in [4.78, 5) is 26.9. The molecule has 154 valence electrons. The van der Waals surface area contributed by atoms with Crippen LogP contribution in [0.1, 0.15) is 44.4 Å². The summed E-state index contributed by atoms with van der Waals surface area (Å²) in [5, 5.41) is 11.6. The zero-order chi connectivity index (χ0) is 20.8. The van der Waals surface area contributed by atoms with E-state index in [1.165, 1.54) is 17.8 Å². The second-order valence-corrected chi connectivity index (χ2v) is 8.05. The highest BCUT2D eigenvalue weighted by atomic mass is 32.1. The van der Waals surface area contributed by atoms with E-state index in [0.29, 0.717) is 16.3 Å². The molecular weight excluding hydrogens is 400 g/mol. The van der Waals surface area contributed by atoms with Gasteiger partial charge in [0.25, 0.3) is 11.8 Å². The van der Waals surface area contributed by atoms with E-state index in [4.69, 9.17) is 4.74 Å². The fraction of sp³-hybridized carbons (Fsp3) is 0.273. The Balaban J connectivity index is 1.32. The van der Waals surface area contributed by atoms with E-state index in [0.717, 1.165) is 31.7 Å². The molecule has 2 aromatic carbocycles.